The molecular weight excluding hydrogens is 323 g/mol. The number of hydrogen-bond acceptors (Lipinski definition) is 3. The number of amides is 2. The Morgan fingerprint density at radius 2 is 1.96 bits per heavy atom. The molecule has 2 aromatic carbocycles. The van der Waals surface area contributed by atoms with E-state index in [0.717, 1.165) is 5.56 Å². The molecular formula is C19H19FN2O3. The lowest BCUT2D eigenvalue weighted by Crippen LogP contribution is -2.32. The van der Waals surface area contributed by atoms with Crippen molar-refractivity contribution in [3.05, 3.63) is 59.9 Å². The van der Waals surface area contributed by atoms with Gasteiger partial charge >= 0.3 is 0 Å². The van der Waals surface area contributed by atoms with Crippen molar-refractivity contribution in [1.82, 2.24) is 5.32 Å². The quantitative estimate of drug-likeness (QED) is 0.908. The molecule has 3 rings (SSSR count). The van der Waals surface area contributed by atoms with Gasteiger partial charge in [0.1, 0.15) is 11.6 Å². The lowest BCUT2D eigenvalue weighted by atomic mass is 10.1. The zero-order chi connectivity index (χ0) is 17.8. The maximum atomic E-state index is 13.9. The van der Waals surface area contributed by atoms with Crippen molar-refractivity contribution in [2.75, 3.05) is 18.6 Å². The van der Waals surface area contributed by atoms with Crippen molar-refractivity contribution in [2.24, 2.45) is 5.92 Å². The highest BCUT2D eigenvalue weighted by molar-refractivity contribution is 6.00. The molecule has 1 aliphatic rings. The van der Waals surface area contributed by atoms with E-state index < -0.39 is 11.7 Å². The van der Waals surface area contributed by atoms with E-state index >= 15 is 0 Å². The third-order valence-corrected chi connectivity index (χ3v) is 4.28. The molecule has 130 valence electrons. The summed E-state index contributed by atoms with van der Waals surface area (Å²) in [5.74, 6) is -0.744. The summed E-state index contributed by atoms with van der Waals surface area (Å²) in [6.07, 6.45) is 0.0755. The van der Waals surface area contributed by atoms with E-state index in [9.17, 15) is 14.0 Å². The molecule has 6 heteroatoms. The number of rotatable bonds is 5. The molecule has 0 bridgehead atoms. The number of benzene rings is 2. The number of halogens is 1. The highest BCUT2D eigenvalue weighted by Gasteiger charge is 2.36. The van der Waals surface area contributed by atoms with Crippen LogP contribution in [0.4, 0.5) is 10.1 Å². The fourth-order valence-electron chi connectivity index (χ4n) is 2.96. The largest absolute Gasteiger partial charge is 0.496 e. The summed E-state index contributed by atoms with van der Waals surface area (Å²) in [5.41, 5.74) is 1.07. The van der Waals surface area contributed by atoms with Gasteiger partial charge in [-0.2, -0.15) is 0 Å². The van der Waals surface area contributed by atoms with Crippen molar-refractivity contribution in [3.8, 4) is 5.75 Å². The Kier molecular flexibility index (Phi) is 4.97. The molecule has 25 heavy (non-hydrogen) atoms. The number of hydrogen-bond donors (Lipinski definition) is 1. The van der Waals surface area contributed by atoms with Crippen molar-refractivity contribution in [3.63, 3.8) is 0 Å². The summed E-state index contributed by atoms with van der Waals surface area (Å²) >= 11 is 0. The van der Waals surface area contributed by atoms with E-state index in [2.05, 4.69) is 5.32 Å². The van der Waals surface area contributed by atoms with Crippen LogP contribution in [0.15, 0.2) is 48.5 Å². The van der Waals surface area contributed by atoms with Crippen LogP contribution in [-0.4, -0.2) is 25.5 Å². The Morgan fingerprint density at radius 1 is 1.24 bits per heavy atom. The molecule has 5 nitrogen and oxygen atoms in total. The zero-order valence-electron chi connectivity index (χ0n) is 13.9. The monoisotopic (exact) mass is 342 g/mol. The molecule has 1 aliphatic heterocycles. The lowest BCUT2D eigenvalue weighted by Gasteiger charge is -2.17. The van der Waals surface area contributed by atoms with Crippen LogP contribution in [-0.2, 0) is 16.1 Å². The standard InChI is InChI=1S/C19H19FN2O3/c1-25-17-9-5-2-6-13(17)11-21-19(24)14-10-18(23)22(12-14)16-8-4-3-7-15(16)20/h2-9,14H,10-12H2,1H3,(H,21,24)/t14-/m0/s1. The summed E-state index contributed by atoms with van der Waals surface area (Å²) in [6.45, 7) is 0.491. The highest BCUT2D eigenvalue weighted by atomic mass is 19.1. The molecule has 0 radical (unpaired) electrons. The number of para-hydroxylation sites is 2. The summed E-state index contributed by atoms with van der Waals surface area (Å²) < 4.78 is 19.1. The smallest absolute Gasteiger partial charge is 0.227 e. The van der Waals surface area contributed by atoms with Crippen LogP contribution in [0.3, 0.4) is 0 Å². The minimum Gasteiger partial charge on any atom is -0.496 e. The number of nitrogens with one attached hydrogen (secondary N) is 1. The Balaban J connectivity index is 1.64. The van der Waals surface area contributed by atoms with E-state index in [1.165, 1.54) is 11.0 Å². The number of methoxy groups -OCH3 is 1. The van der Waals surface area contributed by atoms with E-state index in [1.54, 1.807) is 25.3 Å². The molecule has 0 spiro atoms. The maximum absolute atomic E-state index is 13.9. The van der Waals surface area contributed by atoms with Crippen LogP contribution in [0.5, 0.6) is 5.75 Å². The van der Waals surface area contributed by atoms with Gasteiger partial charge in [0, 0.05) is 25.1 Å². The molecule has 1 N–H and O–H groups in total. The van der Waals surface area contributed by atoms with Gasteiger partial charge < -0.3 is 15.0 Å². The summed E-state index contributed by atoms with van der Waals surface area (Å²) in [7, 11) is 1.57. The second-order valence-corrected chi connectivity index (χ2v) is 5.89. The molecule has 0 aromatic heterocycles. The Labute approximate surface area is 145 Å². The number of nitrogens with zero attached hydrogens (tertiary/aromatic N) is 1. The summed E-state index contributed by atoms with van der Waals surface area (Å²) in [4.78, 5) is 25.9. The average molecular weight is 342 g/mol. The predicted molar refractivity (Wildman–Crippen MR) is 91.7 cm³/mol. The fraction of sp³-hybridized carbons (Fsp3) is 0.263. The van der Waals surface area contributed by atoms with Gasteiger partial charge in [-0.05, 0) is 18.2 Å². The second-order valence-electron chi connectivity index (χ2n) is 5.89. The van der Waals surface area contributed by atoms with Crippen molar-refractivity contribution in [2.45, 2.75) is 13.0 Å². The third-order valence-electron chi connectivity index (χ3n) is 4.28. The summed E-state index contributed by atoms with van der Waals surface area (Å²) in [6, 6.07) is 13.5. The second kappa shape index (κ2) is 7.34. The maximum Gasteiger partial charge on any atom is 0.227 e. The zero-order valence-corrected chi connectivity index (χ0v) is 13.9. The molecule has 0 unspecified atom stereocenters. The number of carbonyl (C=O) groups excluding carboxylic acids is 2. The predicted octanol–water partition coefficient (Wildman–Crippen LogP) is 2.50. The first kappa shape index (κ1) is 17.0. The van der Waals surface area contributed by atoms with E-state index in [0.29, 0.717) is 12.3 Å². The third kappa shape index (κ3) is 3.63. The van der Waals surface area contributed by atoms with Crippen LogP contribution < -0.4 is 15.0 Å². The molecule has 1 heterocycles. The van der Waals surface area contributed by atoms with Gasteiger partial charge in [-0.25, -0.2) is 4.39 Å². The van der Waals surface area contributed by atoms with Gasteiger partial charge in [-0.15, -0.1) is 0 Å². The van der Waals surface area contributed by atoms with Gasteiger partial charge in [0.2, 0.25) is 11.8 Å². The van der Waals surface area contributed by atoms with Crippen LogP contribution >= 0.6 is 0 Å². The minimum absolute atomic E-state index is 0.0755. The first-order valence-corrected chi connectivity index (χ1v) is 8.04. The fourth-order valence-corrected chi connectivity index (χ4v) is 2.96. The molecule has 2 amide bonds. The SMILES string of the molecule is COc1ccccc1CNC(=O)[C@H]1CC(=O)N(c2ccccc2F)C1. The molecule has 2 aromatic rings. The molecule has 0 saturated carbocycles. The Morgan fingerprint density at radius 3 is 2.72 bits per heavy atom. The van der Waals surface area contributed by atoms with Crippen molar-refractivity contribution < 1.29 is 18.7 Å². The van der Waals surface area contributed by atoms with E-state index in [4.69, 9.17) is 4.74 Å². The molecule has 0 aliphatic carbocycles. The van der Waals surface area contributed by atoms with Gasteiger partial charge in [0.15, 0.2) is 0 Å². The average Bonchev–Trinajstić information content (AvgIpc) is 3.02. The molecule has 1 fully saturated rings. The van der Waals surface area contributed by atoms with Crippen LogP contribution in [0.25, 0.3) is 0 Å². The first-order chi connectivity index (χ1) is 12.1. The first-order valence-electron chi connectivity index (χ1n) is 8.04. The Hall–Kier alpha value is -2.89. The Bertz CT molecular complexity index is 794. The number of carbonyl (C=O) groups is 2. The minimum atomic E-state index is -0.498. The van der Waals surface area contributed by atoms with Crippen LogP contribution in [0.2, 0.25) is 0 Å². The highest BCUT2D eigenvalue weighted by Crippen LogP contribution is 2.27. The van der Waals surface area contributed by atoms with E-state index in [-0.39, 0.29) is 30.5 Å². The summed E-state index contributed by atoms with van der Waals surface area (Å²) in [5, 5.41) is 2.83. The molecule has 1 saturated heterocycles. The van der Waals surface area contributed by atoms with E-state index in [1.807, 2.05) is 24.3 Å². The van der Waals surface area contributed by atoms with Crippen LogP contribution in [0, 0.1) is 11.7 Å². The topological polar surface area (TPSA) is 58.6 Å². The van der Waals surface area contributed by atoms with Gasteiger partial charge in [-0.1, -0.05) is 30.3 Å². The van der Waals surface area contributed by atoms with Crippen molar-refractivity contribution >= 4 is 17.5 Å². The van der Waals surface area contributed by atoms with Crippen molar-refractivity contribution in [1.29, 1.82) is 0 Å². The van der Waals surface area contributed by atoms with Gasteiger partial charge in [-0.3, -0.25) is 9.59 Å². The number of anilines is 1. The van der Waals surface area contributed by atoms with Crippen LogP contribution in [0.1, 0.15) is 12.0 Å². The molecule has 1 atom stereocenters. The number of ether oxygens (including phenoxy) is 1. The normalized spacial score (nSPS) is 16.8. The van der Waals surface area contributed by atoms with Gasteiger partial charge in [0.05, 0.1) is 18.7 Å². The van der Waals surface area contributed by atoms with Gasteiger partial charge in [0.25, 0.3) is 0 Å². The lowest BCUT2D eigenvalue weighted by molar-refractivity contribution is -0.126.